The number of hydrogen-bond acceptors (Lipinski definition) is 5. The highest BCUT2D eigenvalue weighted by atomic mass is 32.2. The third-order valence-corrected chi connectivity index (χ3v) is 5.23. The van der Waals surface area contributed by atoms with E-state index >= 15 is 0 Å². The lowest BCUT2D eigenvalue weighted by molar-refractivity contribution is -0.122. The molecule has 1 atom stereocenters. The molecule has 1 heterocycles. The van der Waals surface area contributed by atoms with E-state index in [4.69, 9.17) is 5.26 Å². The van der Waals surface area contributed by atoms with Crippen LogP contribution < -0.4 is 10.9 Å². The number of nitrogens with zero attached hydrogens (tertiary/aromatic N) is 1. The molecule has 0 radical (unpaired) electrons. The Labute approximate surface area is 128 Å². The Bertz CT molecular complexity index is 719. The minimum absolute atomic E-state index is 0.0178. The van der Waals surface area contributed by atoms with Gasteiger partial charge in [0.25, 0.3) is 5.91 Å². The fourth-order valence-corrected chi connectivity index (χ4v) is 4.10. The first kappa shape index (κ1) is 16.0. The second-order valence-electron chi connectivity index (χ2n) is 5.16. The molecule has 116 valence electrons. The van der Waals surface area contributed by atoms with Crippen molar-refractivity contribution in [1.82, 2.24) is 10.9 Å². The smallest absolute Gasteiger partial charge is 0.269 e. The van der Waals surface area contributed by atoms with Gasteiger partial charge < -0.3 is 0 Å². The molecular formula is C14H15N3O4S. The van der Waals surface area contributed by atoms with E-state index in [1.807, 2.05) is 6.07 Å². The van der Waals surface area contributed by atoms with E-state index in [1.54, 1.807) is 0 Å². The number of amides is 2. The molecule has 1 saturated heterocycles. The van der Waals surface area contributed by atoms with E-state index in [0.717, 1.165) is 0 Å². The van der Waals surface area contributed by atoms with Crippen LogP contribution in [0, 0.1) is 17.2 Å². The lowest BCUT2D eigenvalue weighted by Crippen LogP contribution is -2.42. The molecule has 0 aromatic heterocycles. The zero-order chi connectivity index (χ0) is 16.2. The summed E-state index contributed by atoms with van der Waals surface area (Å²) in [4.78, 5) is 23.5. The maximum atomic E-state index is 11.8. The standard InChI is InChI=1S/C14H15N3O4S/c15-8-10-1-3-12(4-2-10)14(19)17-16-13(18)7-11-5-6-22(20,21)9-11/h1-4,11H,5-7,9H2,(H,16,18)(H,17,19). The Morgan fingerprint density at radius 1 is 1.23 bits per heavy atom. The maximum Gasteiger partial charge on any atom is 0.269 e. The van der Waals surface area contributed by atoms with Crippen molar-refractivity contribution < 1.29 is 18.0 Å². The Morgan fingerprint density at radius 3 is 2.45 bits per heavy atom. The number of rotatable bonds is 3. The highest BCUT2D eigenvalue weighted by molar-refractivity contribution is 7.91. The van der Waals surface area contributed by atoms with Crippen LogP contribution in [0.3, 0.4) is 0 Å². The number of benzene rings is 1. The normalized spacial score (nSPS) is 19.1. The fraction of sp³-hybridized carbons (Fsp3) is 0.357. The van der Waals surface area contributed by atoms with Gasteiger partial charge in [-0.15, -0.1) is 0 Å². The van der Waals surface area contributed by atoms with Gasteiger partial charge in [0.1, 0.15) is 0 Å². The number of nitriles is 1. The molecule has 1 aliphatic heterocycles. The Kier molecular flexibility index (Phi) is 4.78. The number of carbonyl (C=O) groups excluding carboxylic acids is 2. The Hall–Kier alpha value is -2.40. The summed E-state index contributed by atoms with van der Waals surface area (Å²) in [6, 6.07) is 7.89. The van der Waals surface area contributed by atoms with Crippen LogP contribution in [0.2, 0.25) is 0 Å². The van der Waals surface area contributed by atoms with Crippen molar-refractivity contribution in [3.05, 3.63) is 35.4 Å². The van der Waals surface area contributed by atoms with Gasteiger partial charge >= 0.3 is 0 Å². The van der Waals surface area contributed by atoms with Crippen LogP contribution in [0.15, 0.2) is 24.3 Å². The van der Waals surface area contributed by atoms with Crippen molar-refractivity contribution in [2.24, 2.45) is 5.92 Å². The largest absolute Gasteiger partial charge is 0.273 e. The SMILES string of the molecule is N#Cc1ccc(C(=O)NNC(=O)CC2CCS(=O)(=O)C2)cc1. The molecule has 0 saturated carbocycles. The van der Waals surface area contributed by atoms with Crippen LogP contribution in [-0.2, 0) is 14.6 Å². The van der Waals surface area contributed by atoms with E-state index in [2.05, 4.69) is 10.9 Å². The van der Waals surface area contributed by atoms with Gasteiger partial charge in [0.2, 0.25) is 5.91 Å². The zero-order valence-corrected chi connectivity index (χ0v) is 12.5. The van der Waals surface area contributed by atoms with E-state index in [9.17, 15) is 18.0 Å². The quantitative estimate of drug-likeness (QED) is 0.768. The summed E-state index contributed by atoms with van der Waals surface area (Å²) in [5.41, 5.74) is 5.27. The molecule has 0 aliphatic carbocycles. The van der Waals surface area contributed by atoms with Gasteiger partial charge in [-0.05, 0) is 36.6 Å². The summed E-state index contributed by atoms with van der Waals surface area (Å²) in [5, 5.41) is 8.67. The highest BCUT2D eigenvalue weighted by Crippen LogP contribution is 2.21. The van der Waals surface area contributed by atoms with Crippen molar-refractivity contribution in [1.29, 1.82) is 5.26 Å². The molecule has 2 N–H and O–H groups in total. The second kappa shape index (κ2) is 6.58. The number of hydrogen-bond donors (Lipinski definition) is 2. The first-order chi connectivity index (χ1) is 10.4. The number of nitrogens with one attached hydrogen (secondary N) is 2. The zero-order valence-electron chi connectivity index (χ0n) is 11.7. The maximum absolute atomic E-state index is 11.8. The molecule has 1 aliphatic rings. The van der Waals surface area contributed by atoms with Crippen LogP contribution in [0.1, 0.15) is 28.8 Å². The first-order valence-corrected chi connectivity index (χ1v) is 8.51. The summed E-state index contributed by atoms with van der Waals surface area (Å²) in [6.45, 7) is 0. The van der Waals surface area contributed by atoms with Gasteiger partial charge in [0.05, 0.1) is 23.1 Å². The minimum atomic E-state index is -3.02. The minimum Gasteiger partial charge on any atom is -0.273 e. The van der Waals surface area contributed by atoms with Gasteiger partial charge in [-0.25, -0.2) is 8.42 Å². The average Bonchev–Trinajstić information content (AvgIpc) is 2.83. The lowest BCUT2D eigenvalue weighted by atomic mass is 10.1. The van der Waals surface area contributed by atoms with Crippen LogP contribution in [0.5, 0.6) is 0 Å². The molecule has 22 heavy (non-hydrogen) atoms. The van der Waals surface area contributed by atoms with Gasteiger partial charge in [0, 0.05) is 12.0 Å². The Balaban J connectivity index is 1.80. The van der Waals surface area contributed by atoms with Gasteiger partial charge in [-0.1, -0.05) is 0 Å². The predicted octanol–water partition coefficient (Wildman–Crippen LogP) is 0.144. The molecule has 1 aromatic carbocycles. The lowest BCUT2D eigenvalue weighted by Gasteiger charge is -2.10. The molecule has 1 unspecified atom stereocenters. The van der Waals surface area contributed by atoms with Crippen LogP contribution in [-0.4, -0.2) is 31.7 Å². The van der Waals surface area contributed by atoms with Crippen molar-refractivity contribution in [3.8, 4) is 6.07 Å². The van der Waals surface area contributed by atoms with Crippen molar-refractivity contribution in [2.45, 2.75) is 12.8 Å². The predicted molar refractivity (Wildman–Crippen MR) is 78.1 cm³/mol. The van der Waals surface area contributed by atoms with E-state index < -0.39 is 21.7 Å². The van der Waals surface area contributed by atoms with Crippen LogP contribution in [0.4, 0.5) is 0 Å². The molecule has 1 aromatic rings. The number of hydrazine groups is 1. The van der Waals surface area contributed by atoms with Crippen LogP contribution >= 0.6 is 0 Å². The summed E-state index contributed by atoms with van der Waals surface area (Å²) >= 11 is 0. The molecule has 8 heteroatoms. The van der Waals surface area contributed by atoms with Crippen molar-refractivity contribution in [3.63, 3.8) is 0 Å². The van der Waals surface area contributed by atoms with Gasteiger partial charge in [-0.2, -0.15) is 5.26 Å². The third kappa shape index (κ3) is 4.30. The van der Waals surface area contributed by atoms with Crippen LogP contribution in [0.25, 0.3) is 0 Å². The highest BCUT2D eigenvalue weighted by Gasteiger charge is 2.29. The summed E-state index contributed by atoms with van der Waals surface area (Å²) in [6.07, 6.45) is 0.534. The summed E-state index contributed by atoms with van der Waals surface area (Å²) in [7, 11) is -3.02. The average molecular weight is 321 g/mol. The van der Waals surface area contributed by atoms with E-state index in [1.165, 1.54) is 24.3 Å². The molecule has 0 spiro atoms. The Morgan fingerprint density at radius 2 is 1.91 bits per heavy atom. The van der Waals surface area contributed by atoms with E-state index in [-0.39, 0.29) is 23.8 Å². The first-order valence-electron chi connectivity index (χ1n) is 6.69. The number of carbonyl (C=O) groups is 2. The molecule has 1 fully saturated rings. The summed E-state index contributed by atoms with van der Waals surface area (Å²) in [5.74, 6) is -0.996. The second-order valence-corrected chi connectivity index (χ2v) is 7.39. The molecule has 2 amide bonds. The fourth-order valence-electron chi connectivity index (χ4n) is 2.24. The van der Waals surface area contributed by atoms with Crippen molar-refractivity contribution in [2.75, 3.05) is 11.5 Å². The molecule has 7 nitrogen and oxygen atoms in total. The molecule has 2 rings (SSSR count). The molecule has 0 bridgehead atoms. The van der Waals surface area contributed by atoms with Gasteiger partial charge in [0.15, 0.2) is 9.84 Å². The van der Waals surface area contributed by atoms with E-state index in [0.29, 0.717) is 17.5 Å². The third-order valence-electron chi connectivity index (χ3n) is 3.39. The van der Waals surface area contributed by atoms with Crippen molar-refractivity contribution >= 4 is 21.7 Å². The topological polar surface area (TPSA) is 116 Å². The van der Waals surface area contributed by atoms with Gasteiger partial charge in [-0.3, -0.25) is 20.4 Å². The summed E-state index contributed by atoms with van der Waals surface area (Å²) < 4.78 is 22.6. The monoisotopic (exact) mass is 321 g/mol. The molecular weight excluding hydrogens is 306 g/mol. The number of sulfone groups is 1.